The molecule has 0 saturated heterocycles. The minimum Gasteiger partial charge on any atom is -0.508 e. The molecule has 0 aliphatic heterocycles. The Bertz CT molecular complexity index is 1670. The molecule has 49 heavy (non-hydrogen) atoms. The highest BCUT2D eigenvalue weighted by Crippen LogP contribution is 2.23. The number of carbonyl (C=O) groups excluding carboxylic acids is 2. The smallest absolute Gasteiger partial charge is 0.490 e. The molecule has 4 rings (SSSR count). The summed E-state index contributed by atoms with van der Waals surface area (Å²) < 4.78 is 32.7. The van der Waals surface area contributed by atoms with E-state index in [0.717, 1.165) is 51.6 Å². The Labute approximate surface area is 291 Å². The molecule has 4 aromatic carbocycles. The van der Waals surface area contributed by atoms with Gasteiger partial charge in [0.15, 0.2) is 0 Å². The van der Waals surface area contributed by atoms with Crippen LogP contribution in [0.15, 0.2) is 102 Å². The van der Waals surface area contributed by atoms with Crippen molar-refractivity contribution in [3.05, 3.63) is 124 Å². The molecule has 2 amide bonds. The summed E-state index contributed by atoms with van der Waals surface area (Å²) in [5.41, 5.74) is 11.1. The molecule has 0 bridgehead atoms. The van der Waals surface area contributed by atoms with Gasteiger partial charge in [-0.25, -0.2) is 4.79 Å². The van der Waals surface area contributed by atoms with E-state index in [1.165, 1.54) is 0 Å². The van der Waals surface area contributed by atoms with Gasteiger partial charge < -0.3 is 26.2 Å². The fraction of sp³-hybridized carbons (Fsp3) is 0.270. The molecule has 0 saturated carbocycles. The van der Waals surface area contributed by atoms with E-state index in [1.807, 2.05) is 83.8 Å². The second-order valence-electron chi connectivity index (χ2n) is 11.2. The molecule has 0 fully saturated rings. The highest BCUT2D eigenvalue weighted by atomic mass is 79.9. The molecule has 0 spiro atoms. The Morgan fingerprint density at radius 2 is 1.41 bits per heavy atom. The lowest BCUT2D eigenvalue weighted by molar-refractivity contribution is -0.192. The molecule has 0 aliphatic carbocycles. The van der Waals surface area contributed by atoms with Crippen molar-refractivity contribution in [2.24, 2.45) is 5.73 Å². The van der Waals surface area contributed by atoms with Crippen LogP contribution < -0.4 is 11.1 Å². The van der Waals surface area contributed by atoms with Crippen molar-refractivity contribution in [3.8, 4) is 16.9 Å². The first-order valence-corrected chi connectivity index (χ1v) is 16.4. The molecule has 4 aromatic rings. The zero-order chi connectivity index (χ0) is 35.8. The molecule has 0 aromatic heterocycles. The first-order chi connectivity index (χ1) is 23.3. The van der Waals surface area contributed by atoms with Gasteiger partial charge in [0, 0.05) is 29.7 Å². The third kappa shape index (κ3) is 13.8. The molecule has 0 aliphatic rings. The summed E-state index contributed by atoms with van der Waals surface area (Å²) in [6.07, 6.45) is -1.22. The molecular weight excluding hydrogens is 703 g/mol. The number of carbonyl (C=O) groups is 3. The first-order valence-electron chi connectivity index (χ1n) is 15.6. The molecule has 0 unspecified atom stereocenters. The van der Waals surface area contributed by atoms with Crippen LogP contribution in [0.25, 0.3) is 11.1 Å². The number of alkyl halides is 3. The maximum absolute atomic E-state index is 13.5. The van der Waals surface area contributed by atoms with Gasteiger partial charge in [0.2, 0.25) is 5.91 Å². The molecule has 0 heterocycles. The number of rotatable bonds is 14. The number of hydrogen-bond donors (Lipinski definition) is 4. The van der Waals surface area contributed by atoms with Gasteiger partial charge in [-0.3, -0.25) is 9.59 Å². The lowest BCUT2D eigenvalue weighted by Crippen LogP contribution is -2.33. The highest BCUT2D eigenvalue weighted by molar-refractivity contribution is 9.10. The van der Waals surface area contributed by atoms with Crippen molar-refractivity contribution in [1.29, 1.82) is 0 Å². The maximum atomic E-state index is 13.5. The lowest BCUT2D eigenvalue weighted by Gasteiger charge is -2.24. The number of nitrogens with zero attached hydrogens (tertiary/aromatic N) is 1. The first kappa shape index (κ1) is 38.8. The summed E-state index contributed by atoms with van der Waals surface area (Å²) in [5.74, 6) is -2.57. The Balaban J connectivity index is 0.000000838. The number of amides is 2. The third-order valence-electron chi connectivity index (χ3n) is 7.40. The summed E-state index contributed by atoms with van der Waals surface area (Å²) >= 11 is 3.46. The van der Waals surface area contributed by atoms with Crippen LogP contribution in [0.3, 0.4) is 0 Å². The van der Waals surface area contributed by atoms with Crippen molar-refractivity contribution < 1.29 is 37.8 Å². The van der Waals surface area contributed by atoms with Gasteiger partial charge in [-0.15, -0.1) is 0 Å². The van der Waals surface area contributed by atoms with E-state index in [2.05, 4.69) is 27.3 Å². The predicted octanol–water partition coefficient (Wildman–Crippen LogP) is 7.13. The zero-order valence-electron chi connectivity index (χ0n) is 26.8. The van der Waals surface area contributed by atoms with Gasteiger partial charge in [-0.05, 0) is 96.1 Å². The number of carboxylic acids is 1. The maximum Gasteiger partial charge on any atom is 0.490 e. The summed E-state index contributed by atoms with van der Waals surface area (Å²) in [4.78, 5) is 37.0. The molecule has 12 heteroatoms. The number of unbranched alkanes of at least 4 members (excludes halogenated alkanes) is 2. The van der Waals surface area contributed by atoms with Crippen molar-refractivity contribution in [3.63, 3.8) is 0 Å². The number of benzene rings is 4. The topological polar surface area (TPSA) is 133 Å². The standard InChI is InChI=1S/C35H38BrN3O3.C2HF3O2/c36-32-14-10-27(11-15-32)23-34(41)39(21-18-26-12-16-33(40)17-13-26)25-28-6-4-7-29(22-28)30-8-5-9-31(24-30)35(42)38-20-3-1-2-19-37;3-2(4,5)1(6)7/h4-17,22,24,40H,1-3,18-21,23,25,37H2,(H,38,42);(H,6,7). The van der Waals surface area contributed by atoms with E-state index in [0.29, 0.717) is 44.6 Å². The van der Waals surface area contributed by atoms with Crippen LogP contribution >= 0.6 is 15.9 Å². The van der Waals surface area contributed by atoms with Gasteiger partial charge in [0.1, 0.15) is 5.75 Å². The molecule has 5 N–H and O–H groups in total. The van der Waals surface area contributed by atoms with Gasteiger partial charge >= 0.3 is 12.1 Å². The minimum atomic E-state index is -5.08. The van der Waals surface area contributed by atoms with Crippen molar-refractivity contribution in [1.82, 2.24) is 10.2 Å². The number of carboxylic acid groups (broad SMARTS) is 1. The average Bonchev–Trinajstić information content (AvgIpc) is 3.08. The number of nitrogens with one attached hydrogen (secondary N) is 1. The number of halogens is 4. The van der Waals surface area contributed by atoms with Crippen LogP contribution in [-0.2, 0) is 29.0 Å². The van der Waals surface area contributed by atoms with Gasteiger partial charge in [0.05, 0.1) is 6.42 Å². The zero-order valence-corrected chi connectivity index (χ0v) is 28.3. The van der Waals surface area contributed by atoms with Crippen molar-refractivity contribution in [2.45, 2.75) is 44.8 Å². The van der Waals surface area contributed by atoms with Crippen LogP contribution in [0, 0.1) is 0 Å². The van der Waals surface area contributed by atoms with E-state index in [9.17, 15) is 27.9 Å². The van der Waals surface area contributed by atoms with Crippen LogP contribution in [0.4, 0.5) is 13.2 Å². The molecule has 0 atom stereocenters. The molecular formula is C37H39BrF3N3O5. The molecule has 260 valence electrons. The van der Waals surface area contributed by atoms with Crippen LogP contribution in [0.2, 0.25) is 0 Å². The van der Waals surface area contributed by atoms with E-state index in [1.54, 1.807) is 12.1 Å². The van der Waals surface area contributed by atoms with E-state index >= 15 is 0 Å². The number of phenols is 1. The summed E-state index contributed by atoms with van der Waals surface area (Å²) in [7, 11) is 0. The lowest BCUT2D eigenvalue weighted by atomic mass is 10.0. The number of phenolic OH excluding ortho intramolecular Hbond substituents is 1. The van der Waals surface area contributed by atoms with Crippen LogP contribution in [0.1, 0.15) is 46.3 Å². The largest absolute Gasteiger partial charge is 0.508 e. The van der Waals surface area contributed by atoms with Crippen molar-refractivity contribution in [2.75, 3.05) is 19.6 Å². The normalized spacial score (nSPS) is 10.9. The van der Waals surface area contributed by atoms with Crippen molar-refractivity contribution >= 4 is 33.7 Å². The Kier molecular flexibility index (Phi) is 15.3. The third-order valence-corrected chi connectivity index (χ3v) is 7.92. The van der Waals surface area contributed by atoms with E-state index in [-0.39, 0.29) is 17.6 Å². The number of hydrogen-bond acceptors (Lipinski definition) is 5. The monoisotopic (exact) mass is 741 g/mol. The van der Waals surface area contributed by atoms with Gasteiger partial charge in [-0.1, -0.05) is 76.9 Å². The predicted molar refractivity (Wildman–Crippen MR) is 186 cm³/mol. The number of nitrogens with two attached hydrogens (primary N) is 1. The highest BCUT2D eigenvalue weighted by Gasteiger charge is 2.38. The number of aromatic hydroxyl groups is 1. The van der Waals surface area contributed by atoms with Gasteiger partial charge in [-0.2, -0.15) is 13.2 Å². The van der Waals surface area contributed by atoms with E-state index in [4.69, 9.17) is 15.6 Å². The fourth-order valence-corrected chi connectivity index (χ4v) is 5.03. The fourth-order valence-electron chi connectivity index (χ4n) is 4.77. The Morgan fingerprint density at radius 3 is 2.04 bits per heavy atom. The van der Waals surface area contributed by atoms with Gasteiger partial charge in [0.25, 0.3) is 5.91 Å². The van der Waals surface area contributed by atoms with E-state index < -0.39 is 12.1 Å². The summed E-state index contributed by atoms with van der Waals surface area (Å²) in [6.45, 7) is 2.31. The number of aliphatic carboxylic acids is 1. The second kappa shape index (κ2) is 19.4. The van der Waals surface area contributed by atoms with Crippen LogP contribution in [0.5, 0.6) is 5.75 Å². The SMILES string of the molecule is NCCCCCNC(=O)c1cccc(-c2cccc(CN(CCc3ccc(O)cc3)C(=O)Cc3ccc(Br)cc3)c2)c1.O=C(O)C(F)(F)F. The molecule has 8 nitrogen and oxygen atoms in total. The second-order valence-corrected chi connectivity index (χ2v) is 12.1. The quantitative estimate of drug-likeness (QED) is 0.102. The van der Waals surface area contributed by atoms with Crippen LogP contribution in [-0.4, -0.2) is 58.7 Å². The minimum absolute atomic E-state index is 0.0478. The summed E-state index contributed by atoms with van der Waals surface area (Å²) in [6, 6.07) is 30.7. The average molecular weight is 743 g/mol. The Morgan fingerprint density at radius 1 is 0.796 bits per heavy atom. The summed E-state index contributed by atoms with van der Waals surface area (Å²) in [5, 5.41) is 19.8. The Hall–Kier alpha value is -4.68. The molecule has 0 radical (unpaired) electrons.